The first-order valence-electron chi connectivity index (χ1n) is 6.46. The first kappa shape index (κ1) is 12.2. The van der Waals surface area contributed by atoms with Crippen LogP contribution in [0.15, 0.2) is 24.3 Å². The zero-order chi connectivity index (χ0) is 13.4. The zero-order valence-electron chi connectivity index (χ0n) is 10.9. The summed E-state index contributed by atoms with van der Waals surface area (Å²) in [6.45, 7) is 3.65. The van der Waals surface area contributed by atoms with Gasteiger partial charge in [-0.3, -0.25) is 5.10 Å². The van der Waals surface area contributed by atoms with Crippen molar-refractivity contribution >= 4 is 5.82 Å². The van der Waals surface area contributed by atoms with E-state index in [1.165, 1.54) is 12.1 Å². The van der Waals surface area contributed by atoms with E-state index in [0.717, 1.165) is 42.1 Å². The minimum absolute atomic E-state index is 0.192. The van der Waals surface area contributed by atoms with Gasteiger partial charge in [0, 0.05) is 30.4 Å². The topological polar surface area (TPSA) is 57.9 Å². The van der Waals surface area contributed by atoms with Crippen LogP contribution in [-0.4, -0.2) is 29.3 Å². The molecule has 0 amide bonds. The molecule has 1 aromatic heterocycles. The number of hydrogen-bond donors (Lipinski definition) is 2. The predicted molar refractivity (Wildman–Crippen MR) is 73.5 cm³/mol. The molecule has 0 bridgehead atoms. The predicted octanol–water partition coefficient (Wildman–Crippen LogP) is 2.06. The Kier molecular flexibility index (Phi) is 2.98. The second-order valence-electron chi connectivity index (χ2n) is 5.05. The van der Waals surface area contributed by atoms with Gasteiger partial charge in [-0.15, -0.1) is 0 Å². The summed E-state index contributed by atoms with van der Waals surface area (Å²) in [6.07, 6.45) is 0.967. The Bertz CT molecular complexity index is 593. The van der Waals surface area contributed by atoms with Crippen molar-refractivity contribution in [3.63, 3.8) is 0 Å². The number of nitrogens with zero attached hydrogens (tertiary/aromatic N) is 2. The van der Waals surface area contributed by atoms with E-state index in [1.807, 2.05) is 13.0 Å². The average molecular weight is 260 g/mol. The van der Waals surface area contributed by atoms with Crippen molar-refractivity contribution < 1.29 is 4.39 Å². The van der Waals surface area contributed by atoms with Crippen LogP contribution >= 0.6 is 0 Å². The van der Waals surface area contributed by atoms with E-state index in [9.17, 15) is 4.39 Å². The molecule has 1 atom stereocenters. The van der Waals surface area contributed by atoms with Crippen LogP contribution in [0.2, 0.25) is 0 Å². The van der Waals surface area contributed by atoms with Gasteiger partial charge >= 0.3 is 0 Å². The van der Waals surface area contributed by atoms with Crippen molar-refractivity contribution in [2.45, 2.75) is 19.4 Å². The lowest BCUT2D eigenvalue weighted by Crippen LogP contribution is -2.26. The molecular formula is C14H17FN4. The van der Waals surface area contributed by atoms with E-state index in [4.69, 9.17) is 5.73 Å². The van der Waals surface area contributed by atoms with Gasteiger partial charge in [0.15, 0.2) is 5.82 Å². The summed E-state index contributed by atoms with van der Waals surface area (Å²) in [6, 6.07) is 6.80. The zero-order valence-corrected chi connectivity index (χ0v) is 10.9. The summed E-state index contributed by atoms with van der Waals surface area (Å²) in [5.74, 6) is 0.637. The molecule has 3 rings (SSSR count). The molecule has 0 radical (unpaired) electrons. The number of aromatic amines is 1. The van der Waals surface area contributed by atoms with Gasteiger partial charge in [-0.05, 0) is 31.0 Å². The lowest BCUT2D eigenvalue weighted by Gasteiger charge is -2.17. The second kappa shape index (κ2) is 4.66. The highest BCUT2D eigenvalue weighted by atomic mass is 19.1. The maximum absolute atomic E-state index is 13.4. The van der Waals surface area contributed by atoms with Crippen LogP contribution in [0.3, 0.4) is 0 Å². The highest BCUT2D eigenvalue weighted by Gasteiger charge is 2.25. The summed E-state index contributed by atoms with van der Waals surface area (Å²) in [7, 11) is 0. The molecule has 1 aliphatic heterocycles. The lowest BCUT2D eigenvalue weighted by molar-refractivity contribution is 0.628. The fourth-order valence-electron chi connectivity index (χ4n) is 2.61. The number of hydrogen-bond acceptors (Lipinski definition) is 3. The van der Waals surface area contributed by atoms with E-state index >= 15 is 0 Å². The minimum atomic E-state index is -0.234. The van der Waals surface area contributed by atoms with Crippen LogP contribution in [0, 0.1) is 12.7 Å². The van der Waals surface area contributed by atoms with Gasteiger partial charge in [0.2, 0.25) is 0 Å². The normalized spacial score (nSPS) is 19.1. The van der Waals surface area contributed by atoms with Crippen LogP contribution in [-0.2, 0) is 0 Å². The van der Waals surface area contributed by atoms with Crippen molar-refractivity contribution in [1.29, 1.82) is 0 Å². The van der Waals surface area contributed by atoms with Crippen molar-refractivity contribution in [1.82, 2.24) is 10.2 Å². The number of benzene rings is 1. The Labute approximate surface area is 111 Å². The Hall–Kier alpha value is -1.88. The smallest absolute Gasteiger partial charge is 0.158 e. The number of H-pyrrole nitrogens is 1. The van der Waals surface area contributed by atoms with Gasteiger partial charge in [0.05, 0.1) is 0 Å². The molecule has 3 N–H and O–H groups in total. The number of halogens is 1. The third kappa shape index (κ3) is 2.21. The van der Waals surface area contributed by atoms with Gasteiger partial charge in [-0.2, -0.15) is 5.10 Å². The van der Waals surface area contributed by atoms with Crippen LogP contribution in [0.25, 0.3) is 11.1 Å². The lowest BCUT2D eigenvalue weighted by atomic mass is 10.1. The Morgan fingerprint density at radius 2 is 2.32 bits per heavy atom. The minimum Gasteiger partial charge on any atom is -0.353 e. The highest BCUT2D eigenvalue weighted by molar-refractivity contribution is 5.78. The molecule has 2 heterocycles. The third-order valence-electron chi connectivity index (χ3n) is 3.57. The molecule has 1 aromatic carbocycles. The fraction of sp³-hybridized carbons (Fsp3) is 0.357. The first-order chi connectivity index (χ1) is 9.15. The molecular weight excluding hydrogens is 243 g/mol. The average Bonchev–Trinajstić information content (AvgIpc) is 2.95. The molecule has 2 aromatic rings. The largest absolute Gasteiger partial charge is 0.353 e. The standard InChI is InChI=1S/C14H17FN4/c1-9-13(10-3-2-4-11(15)7-10)14(18-17-9)19-6-5-12(16)8-19/h2-4,7,12H,5-6,8,16H2,1H3,(H,17,18). The summed E-state index contributed by atoms with van der Waals surface area (Å²) in [5.41, 5.74) is 8.70. The van der Waals surface area contributed by atoms with E-state index < -0.39 is 0 Å². The molecule has 5 heteroatoms. The number of aryl methyl sites for hydroxylation is 1. The van der Waals surface area contributed by atoms with Crippen LogP contribution in [0.1, 0.15) is 12.1 Å². The molecule has 1 unspecified atom stereocenters. The van der Waals surface area contributed by atoms with Gasteiger partial charge in [-0.25, -0.2) is 4.39 Å². The van der Waals surface area contributed by atoms with E-state index in [-0.39, 0.29) is 11.9 Å². The summed E-state index contributed by atoms with van der Waals surface area (Å²) in [5, 5.41) is 7.35. The number of nitrogens with one attached hydrogen (secondary N) is 1. The fourth-order valence-corrected chi connectivity index (χ4v) is 2.61. The van der Waals surface area contributed by atoms with Crippen molar-refractivity contribution in [3.8, 4) is 11.1 Å². The number of nitrogens with two attached hydrogens (primary N) is 1. The molecule has 4 nitrogen and oxygen atoms in total. The summed E-state index contributed by atoms with van der Waals surface area (Å²) >= 11 is 0. The Balaban J connectivity index is 2.04. The van der Waals surface area contributed by atoms with Gasteiger partial charge in [0.25, 0.3) is 0 Å². The quantitative estimate of drug-likeness (QED) is 0.869. The number of rotatable bonds is 2. The molecule has 0 aliphatic carbocycles. The Morgan fingerprint density at radius 3 is 3.00 bits per heavy atom. The maximum atomic E-state index is 13.4. The monoisotopic (exact) mass is 260 g/mol. The third-order valence-corrected chi connectivity index (χ3v) is 3.57. The van der Waals surface area contributed by atoms with Crippen LogP contribution in [0.4, 0.5) is 10.2 Å². The van der Waals surface area contributed by atoms with Gasteiger partial charge < -0.3 is 10.6 Å². The molecule has 0 saturated carbocycles. The SMILES string of the molecule is Cc1[nH]nc(N2CCC(N)C2)c1-c1cccc(F)c1. The first-order valence-corrected chi connectivity index (χ1v) is 6.46. The maximum Gasteiger partial charge on any atom is 0.158 e. The van der Waals surface area contributed by atoms with Crippen molar-refractivity contribution in [2.75, 3.05) is 18.0 Å². The van der Waals surface area contributed by atoms with Gasteiger partial charge in [0.1, 0.15) is 5.82 Å². The number of anilines is 1. The molecule has 0 spiro atoms. The van der Waals surface area contributed by atoms with E-state index in [1.54, 1.807) is 6.07 Å². The molecule has 19 heavy (non-hydrogen) atoms. The second-order valence-corrected chi connectivity index (χ2v) is 5.05. The van der Waals surface area contributed by atoms with Crippen molar-refractivity contribution in [2.24, 2.45) is 5.73 Å². The molecule has 1 aliphatic rings. The Morgan fingerprint density at radius 1 is 1.47 bits per heavy atom. The van der Waals surface area contributed by atoms with E-state index in [0.29, 0.717) is 0 Å². The van der Waals surface area contributed by atoms with Crippen LogP contribution in [0.5, 0.6) is 0 Å². The van der Waals surface area contributed by atoms with Gasteiger partial charge in [-0.1, -0.05) is 12.1 Å². The van der Waals surface area contributed by atoms with E-state index in [2.05, 4.69) is 15.1 Å². The van der Waals surface area contributed by atoms with Crippen LogP contribution < -0.4 is 10.6 Å². The molecule has 1 saturated heterocycles. The van der Waals surface area contributed by atoms with Crippen molar-refractivity contribution in [3.05, 3.63) is 35.8 Å². The highest BCUT2D eigenvalue weighted by Crippen LogP contribution is 2.33. The molecule has 1 fully saturated rings. The number of aromatic nitrogens is 2. The summed E-state index contributed by atoms with van der Waals surface area (Å²) in [4.78, 5) is 2.16. The summed E-state index contributed by atoms with van der Waals surface area (Å²) < 4.78 is 13.4. The molecule has 100 valence electrons.